The second-order valence-electron chi connectivity index (χ2n) is 5.41. The maximum absolute atomic E-state index is 12.2. The van der Waals surface area contributed by atoms with Gasteiger partial charge >= 0.3 is 0 Å². The van der Waals surface area contributed by atoms with Crippen molar-refractivity contribution in [2.75, 3.05) is 0 Å². The molecule has 2 saturated heterocycles. The van der Waals surface area contributed by atoms with Gasteiger partial charge in [0.2, 0.25) is 0 Å². The van der Waals surface area contributed by atoms with E-state index >= 15 is 0 Å². The average Bonchev–Trinajstić information content (AvgIpc) is 2.69. The Morgan fingerprint density at radius 1 is 1.11 bits per heavy atom. The molecule has 2 bridgehead atoms. The average molecular weight is 298 g/mol. The Kier molecular flexibility index (Phi) is 3.62. The summed E-state index contributed by atoms with van der Waals surface area (Å²) in [6, 6.07) is 6.85. The van der Waals surface area contributed by atoms with Gasteiger partial charge in [0.05, 0.1) is 11.0 Å². The highest BCUT2D eigenvalue weighted by Crippen LogP contribution is 2.44. The number of thioether (sulfide) groups is 1. The third kappa shape index (κ3) is 2.98. The Morgan fingerprint density at radius 2 is 1.68 bits per heavy atom. The van der Waals surface area contributed by atoms with Crippen LogP contribution in [0, 0.1) is 6.92 Å². The predicted octanol–water partition coefficient (Wildman–Crippen LogP) is 3.13. The van der Waals surface area contributed by atoms with Crippen LogP contribution in [-0.4, -0.2) is 25.0 Å². The number of benzene rings is 1. The Hall–Kier alpha value is -0.520. The molecule has 2 aliphatic heterocycles. The highest BCUT2D eigenvalue weighted by Gasteiger charge is 2.37. The lowest BCUT2D eigenvalue weighted by Crippen LogP contribution is -2.27. The van der Waals surface area contributed by atoms with Gasteiger partial charge in [-0.25, -0.2) is 0 Å². The van der Waals surface area contributed by atoms with Crippen LogP contribution in [0.2, 0.25) is 0 Å². The summed E-state index contributed by atoms with van der Waals surface area (Å²) in [6.07, 6.45) is 4.02. The normalized spacial score (nSPS) is 30.5. The Bertz CT molecular complexity index is 539. The van der Waals surface area contributed by atoms with Gasteiger partial charge in [0.1, 0.15) is 0 Å². The summed E-state index contributed by atoms with van der Waals surface area (Å²) < 4.78 is 29.9. The van der Waals surface area contributed by atoms with Crippen LogP contribution < -0.4 is 0 Å². The van der Waals surface area contributed by atoms with E-state index < -0.39 is 10.1 Å². The van der Waals surface area contributed by atoms with Gasteiger partial charge in [0, 0.05) is 10.5 Å². The quantitative estimate of drug-likeness (QED) is 0.804. The molecule has 0 aliphatic carbocycles. The summed E-state index contributed by atoms with van der Waals surface area (Å²) in [4.78, 5) is 0.267. The van der Waals surface area contributed by atoms with Crippen LogP contribution >= 0.6 is 11.8 Å². The van der Waals surface area contributed by atoms with Crippen LogP contribution in [0.15, 0.2) is 29.2 Å². The minimum Gasteiger partial charge on any atom is -0.263 e. The Labute approximate surface area is 118 Å². The molecule has 0 amide bonds. The number of fused-ring (bicyclic) bond motifs is 2. The largest absolute Gasteiger partial charge is 0.297 e. The second-order valence-corrected chi connectivity index (χ2v) is 8.59. The van der Waals surface area contributed by atoms with Crippen molar-refractivity contribution in [2.24, 2.45) is 0 Å². The first kappa shape index (κ1) is 13.5. The van der Waals surface area contributed by atoms with Crippen LogP contribution in [0.3, 0.4) is 0 Å². The van der Waals surface area contributed by atoms with Gasteiger partial charge < -0.3 is 0 Å². The Balaban J connectivity index is 1.73. The van der Waals surface area contributed by atoms with Gasteiger partial charge in [-0.2, -0.15) is 20.2 Å². The van der Waals surface area contributed by atoms with Crippen LogP contribution in [0.5, 0.6) is 0 Å². The lowest BCUT2D eigenvalue weighted by Gasteiger charge is -2.26. The maximum atomic E-state index is 12.2. The molecule has 3 rings (SSSR count). The monoisotopic (exact) mass is 298 g/mol. The van der Waals surface area contributed by atoms with E-state index in [4.69, 9.17) is 4.18 Å². The SMILES string of the molecule is Cc1ccc(S(=O)(=O)OC2C[C@H]3CC[C@@H](C2)S3)cc1. The van der Waals surface area contributed by atoms with E-state index in [-0.39, 0.29) is 11.0 Å². The van der Waals surface area contributed by atoms with E-state index in [0.717, 1.165) is 18.4 Å². The van der Waals surface area contributed by atoms with Crippen molar-refractivity contribution < 1.29 is 12.6 Å². The first-order valence-electron chi connectivity index (χ1n) is 6.68. The number of rotatable bonds is 3. The molecule has 1 aromatic rings. The predicted molar refractivity (Wildman–Crippen MR) is 76.9 cm³/mol. The first-order valence-corrected chi connectivity index (χ1v) is 9.03. The first-order chi connectivity index (χ1) is 9.03. The highest BCUT2D eigenvalue weighted by molar-refractivity contribution is 8.00. The zero-order chi connectivity index (χ0) is 13.5. The van der Waals surface area contributed by atoms with Crippen molar-refractivity contribution in [1.82, 2.24) is 0 Å². The minimum absolute atomic E-state index is 0.134. The van der Waals surface area contributed by atoms with Crippen LogP contribution in [0.4, 0.5) is 0 Å². The number of aryl methyl sites for hydroxylation is 1. The summed E-state index contributed by atoms with van der Waals surface area (Å²) in [5.74, 6) is 0. The summed E-state index contributed by atoms with van der Waals surface area (Å²) in [5.41, 5.74) is 1.05. The standard InChI is InChI=1S/C14H18O3S2/c1-10-2-6-14(7-3-10)19(15,16)17-11-8-12-4-5-13(9-11)18-12/h2-3,6-7,11-13H,4-5,8-9H2,1H3/t11?,12-,13+. The van der Waals surface area contributed by atoms with Gasteiger partial charge in [-0.05, 0) is 44.7 Å². The van der Waals surface area contributed by atoms with Crippen LogP contribution in [0.25, 0.3) is 0 Å². The van der Waals surface area contributed by atoms with Gasteiger partial charge in [-0.3, -0.25) is 4.18 Å². The smallest absolute Gasteiger partial charge is 0.263 e. The van der Waals surface area contributed by atoms with E-state index in [1.54, 1.807) is 24.3 Å². The maximum Gasteiger partial charge on any atom is 0.297 e. The topological polar surface area (TPSA) is 43.4 Å². The van der Waals surface area contributed by atoms with Crippen LogP contribution in [0.1, 0.15) is 31.2 Å². The third-order valence-corrected chi connectivity index (χ3v) is 6.82. The van der Waals surface area contributed by atoms with Crippen molar-refractivity contribution in [3.8, 4) is 0 Å². The van der Waals surface area contributed by atoms with Crippen molar-refractivity contribution in [3.63, 3.8) is 0 Å². The molecule has 0 aromatic heterocycles. The fourth-order valence-corrected chi connectivity index (χ4v) is 5.66. The van der Waals surface area contributed by atoms with Gasteiger partial charge in [-0.15, -0.1) is 0 Å². The highest BCUT2D eigenvalue weighted by atomic mass is 32.2. The molecule has 3 atom stereocenters. The molecule has 0 N–H and O–H groups in total. The molecule has 2 aliphatic rings. The lowest BCUT2D eigenvalue weighted by molar-refractivity contribution is 0.190. The summed E-state index contributed by atoms with van der Waals surface area (Å²) in [7, 11) is -3.60. The number of hydrogen-bond donors (Lipinski definition) is 0. The molecule has 5 heteroatoms. The van der Waals surface area contributed by atoms with E-state index in [1.165, 1.54) is 12.8 Å². The van der Waals surface area contributed by atoms with E-state index in [0.29, 0.717) is 10.5 Å². The molecule has 0 radical (unpaired) electrons. The molecular weight excluding hydrogens is 280 g/mol. The fourth-order valence-electron chi connectivity index (χ4n) is 2.83. The molecule has 2 heterocycles. The molecule has 2 fully saturated rings. The molecule has 1 unspecified atom stereocenters. The molecule has 0 saturated carbocycles. The summed E-state index contributed by atoms with van der Waals surface area (Å²) in [5, 5.41) is 1.19. The van der Waals surface area contributed by atoms with Gasteiger partial charge in [0.25, 0.3) is 10.1 Å². The molecular formula is C14H18O3S2. The molecule has 3 nitrogen and oxygen atoms in total. The molecule has 19 heavy (non-hydrogen) atoms. The van der Waals surface area contributed by atoms with Crippen molar-refractivity contribution in [2.45, 2.75) is 54.1 Å². The van der Waals surface area contributed by atoms with E-state index in [9.17, 15) is 8.42 Å². The third-order valence-electron chi connectivity index (χ3n) is 3.82. The van der Waals surface area contributed by atoms with Crippen molar-refractivity contribution >= 4 is 21.9 Å². The van der Waals surface area contributed by atoms with E-state index in [2.05, 4.69) is 0 Å². The molecule has 1 aromatic carbocycles. The summed E-state index contributed by atoms with van der Waals surface area (Å²) in [6.45, 7) is 1.94. The van der Waals surface area contributed by atoms with E-state index in [1.807, 2.05) is 18.7 Å². The van der Waals surface area contributed by atoms with Crippen molar-refractivity contribution in [3.05, 3.63) is 29.8 Å². The van der Waals surface area contributed by atoms with Crippen molar-refractivity contribution in [1.29, 1.82) is 0 Å². The fraction of sp³-hybridized carbons (Fsp3) is 0.571. The molecule has 104 valence electrons. The summed E-state index contributed by atoms with van der Waals surface area (Å²) >= 11 is 2.01. The number of hydrogen-bond acceptors (Lipinski definition) is 4. The minimum atomic E-state index is -3.60. The van der Waals surface area contributed by atoms with Gasteiger partial charge in [-0.1, -0.05) is 17.7 Å². The second kappa shape index (κ2) is 5.11. The van der Waals surface area contributed by atoms with Crippen LogP contribution in [-0.2, 0) is 14.3 Å². The molecule has 0 spiro atoms. The Morgan fingerprint density at radius 3 is 2.26 bits per heavy atom. The lowest BCUT2D eigenvalue weighted by atomic mass is 10.1. The zero-order valence-corrected chi connectivity index (χ0v) is 12.5. The zero-order valence-electron chi connectivity index (χ0n) is 10.9. The van der Waals surface area contributed by atoms with Gasteiger partial charge in [0.15, 0.2) is 0 Å².